The van der Waals surface area contributed by atoms with Crippen LogP contribution in [0.2, 0.25) is 0 Å². The van der Waals surface area contributed by atoms with Crippen LogP contribution in [0, 0.1) is 5.41 Å². The lowest BCUT2D eigenvalue weighted by Gasteiger charge is -2.29. The smallest absolute Gasteiger partial charge is 0.129 e. The first-order valence-electron chi connectivity index (χ1n) is 6.35. The lowest BCUT2D eigenvalue weighted by Crippen LogP contribution is -2.17. The second kappa shape index (κ2) is 6.04. The summed E-state index contributed by atoms with van der Waals surface area (Å²) in [5, 5.41) is 0. The third-order valence-corrected chi connectivity index (χ3v) is 3.96. The van der Waals surface area contributed by atoms with Gasteiger partial charge in [0.2, 0.25) is 0 Å². The molecule has 0 bridgehead atoms. The van der Waals surface area contributed by atoms with Crippen LogP contribution in [0.15, 0.2) is 35.4 Å². The Labute approximate surface area is 104 Å². The van der Waals surface area contributed by atoms with Crippen molar-refractivity contribution >= 4 is 0 Å². The van der Waals surface area contributed by atoms with E-state index in [1.54, 1.807) is 7.11 Å². The number of hydrogen-bond acceptors (Lipinski definition) is 1. The van der Waals surface area contributed by atoms with E-state index in [-0.39, 0.29) is 11.2 Å². The van der Waals surface area contributed by atoms with E-state index >= 15 is 0 Å². The zero-order chi connectivity index (χ0) is 12.9. The molecule has 0 saturated carbocycles. The highest BCUT2D eigenvalue weighted by Gasteiger charge is 2.24. The molecule has 0 aromatic heterocycles. The predicted molar refractivity (Wildman–Crippen MR) is 70.3 cm³/mol. The van der Waals surface area contributed by atoms with Crippen molar-refractivity contribution in [3.8, 4) is 0 Å². The second-order valence-corrected chi connectivity index (χ2v) is 4.81. The number of ether oxygens (including phenoxy) is 1. The zero-order valence-electron chi connectivity index (χ0n) is 11.3. The molecule has 0 radical (unpaired) electrons. The lowest BCUT2D eigenvalue weighted by molar-refractivity contribution is 0.258. The maximum absolute atomic E-state index is 13.8. The van der Waals surface area contributed by atoms with Gasteiger partial charge in [0.15, 0.2) is 0 Å². The SMILES string of the molecule is CCC1(CC)CC=C(OC)C=C(F)C(C)=CC1. The fourth-order valence-corrected chi connectivity index (χ4v) is 2.13. The highest BCUT2D eigenvalue weighted by Crippen LogP contribution is 2.37. The van der Waals surface area contributed by atoms with Gasteiger partial charge >= 0.3 is 0 Å². The van der Waals surface area contributed by atoms with Crippen LogP contribution >= 0.6 is 0 Å². The van der Waals surface area contributed by atoms with E-state index in [9.17, 15) is 4.39 Å². The van der Waals surface area contributed by atoms with Gasteiger partial charge in [0.1, 0.15) is 11.6 Å². The van der Waals surface area contributed by atoms with Crippen LogP contribution in [0.5, 0.6) is 0 Å². The topological polar surface area (TPSA) is 9.23 Å². The molecule has 1 nitrogen and oxygen atoms in total. The summed E-state index contributed by atoms with van der Waals surface area (Å²) < 4.78 is 19.0. The average molecular weight is 238 g/mol. The predicted octanol–water partition coefficient (Wildman–Crippen LogP) is 4.92. The summed E-state index contributed by atoms with van der Waals surface area (Å²) >= 11 is 0. The molecule has 0 aromatic rings. The zero-order valence-corrected chi connectivity index (χ0v) is 11.3. The molecule has 0 aromatic carbocycles. The molecule has 0 fully saturated rings. The molecule has 0 N–H and O–H groups in total. The number of methoxy groups -OCH3 is 1. The Balaban J connectivity index is 3.10. The molecular formula is C15H23FO. The number of allylic oxidation sites excluding steroid dienone is 5. The van der Waals surface area contributed by atoms with Crippen molar-refractivity contribution in [3.05, 3.63) is 35.4 Å². The van der Waals surface area contributed by atoms with Crippen LogP contribution in [0.1, 0.15) is 46.5 Å². The quantitative estimate of drug-likeness (QED) is 0.678. The van der Waals surface area contributed by atoms with E-state index in [1.165, 1.54) is 6.08 Å². The molecule has 0 amide bonds. The summed E-state index contributed by atoms with van der Waals surface area (Å²) in [6.45, 7) is 6.23. The Morgan fingerprint density at radius 2 is 1.82 bits per heavy atom. The Kier molecular flexibility index (Phi) is 4.98. The van der Waals surface area contributed by atoms with Crippen LogP contribution in [-0.2, 0) is 4.74 Å². The summed E-state index contributed by atoms with van der Waals surface area (Å²) in [6, 6.07) is 0. The van der Waals surface area contributed by atoms with Crippen LogP contribution in [-0.4, -0.2) is 7.11 Å². The maximum Gasteiger partial charge on any atom is 0.129 e. The van der Waals surface area contributed by atoms with Crippen LogP contribution in [0.4, 0.5) is 4.39 Å². The molecule has 0 spiro atoms. The summed E-state index contributed by atoms with van der Waals surface area (Å²) in [6.07, 6.45) is 9.58. The molecule has 0 unspecified atom stereocenters. The molecule has 1 aliphatic rings. The Morgan fingerprint density at radius 3 is 2.35 bits per heavy atom. The van der Waals surface area contributed by atoms with Crippen LogP contribution < -0.4 is 0 Å². The first-order valence-corrected chi connectivity index (χ1v) is 6.35. The van der Waals surface area contributed by atoms with Crippen LogP contribution in [0.3, 0.4) is 0 Å². The molecule has 1 aliphatic carbocycles. The number of rotatable bonds is 3. The molecule has 0 aliphatic heterocycles. The van der Waals surface area contributed by atoms with Gasteiger partial charge in [-0.2, -0.15) is 0 Å². The van der Waals surface area contributed by atoms with Crippen molar-refractivity contribution in [1.82, 2.24) is 0 Å². The van der Waals surface area contributed by atoms with E-state index in [0.717, 1.165) is 25.7 Å². The minimum Gasteiger partial charge on any atom is -0.497 e. The van der Waals surface area contributed by atoms with Crippen LogP contribution in [0.25, 0.3) is 0 Å². The van der Waals surface area contributed by atoms with Gasteiger partial charge in [0.25, 0.3) is 0 Å². The van der Waals surface area contributed by atoms with E-state index < -0.39 is 0 Å². The van der Waals surface area contributed by atoms with Crippen molar-refractivity contribution in [1.29, 1.82) is 0 Å². The van der Waals surface area contributed by atoms with Crippen molar-refractivity contribution in [2.45, 2.75) is 46.5 Å². The summed E-state index contributed by atoms with van der Waals surface area (Å²) in [5.74, 6) is 0.435. The van der Waals surface area contributed by atoms with E-state index in [4.69, 9.17) is 4.74 Å². The summed E-state index contributed by atoms with van der Waals surface area (Å²) in [5.41, 5.74) is 0.949. The Hall–Kier alpha value is -1.05. The minimum absolute atomic E-state index is 0.193. The highest BCUT2D eigenvalue weighted by molar-refractivity contribution is 5.30. The van der Waals surface area contributed by atoms with Gasteiger partial charge < -0.3 is 4.74 Å². The molecule has 17 heavy (non-hydrogen) atoms. The molecule has 2 heteroatoms. The number of halogens is 1. The van der Waals surface area contributed by atoms with Gasteiger partial charge in [-0.1, -0.05) is 19.9 Å². The average Bonchev–Trinajstić information content (AvgIpc) is 2.42. The Bertz CT molecular complexity index is 346. The van der Waals surface area contributed by atoms with E-state index in [0.29, 0.717) is 11.3 Å². The highest BCUT2D eigenvalue weighted by atomic mass is 19.1. The van der Waals surface area contributed by atoms with Gasteiger partial charge in [-0.25, -0.2) is 4.39 Å². The standard InChI is InChI=1S/C15H23FO/c1-5-15(6-2)9-7-12(3)14(16)11-13(17-4)8-10-15/h7-8,11H,5-6,9-10H2,1-4H3. The molecule has 0 saturated heterocycles. The van der Waals surface area contributed by atoms with E-state index in [1.807, 2.05) is 19.1 Å². The largest absolute Gasteiger partial charge is 0.497 e. The lowest BCUT2D eigenvalue weighted by atomic mass is 9.76. The molecule has 96 valence electrons. The van der Waals surface area contributed by atoms with E-state index in [2.05, 4.69) is 13.8 Å². The first kappa shape index (κ1) is 14.0. The fraction of sp³-hybridized carbons (Fsp3) is 0.600. The third kappa shape index (κ3) is 3.45. The monoisotopic (exact) mass is 238 g/mol. The van der Waals surface area contributed by atoms with Crippen molar-refractivity contribution in [3.63, 3.8) is 0 Å². The van der Waals surface area contributed by atoms with Gasteiger partial charge in [-0.3, -0.25) is 0 Å². The van der Waals surface area contributed by atoms with Gasteiger partial charge in [0.05, 0.1) is 7.11 Å². The summed E-state index contributed by atoms with van der Waals surface area (Å²) in [7, 11) is 1.59. The third-order valence-electron chi connectivity index (χ3n) is 3.96. The molecule has 1 rings (SSSR count). The Morgan fingerprint density at radius 1 is 1.24 bits per heavy atom. The van der Waals surface area contributed by atoms with Crippen molar-refractivity contribution in [2.75, 3.05) is 7.11 Å². The first-order chi connectivity index (χ1) is 8.06. The van der Waals surface area contributed by atoms with Crippen molar-refractivity contribution < 1.29 is 9.13 Å². The van der Waals surface area contributed by atoms with Gasteiger partial charge in [-0.05, 0) is 49.7 Å². The minimum atomic E-state index is -0.193. The van der Waals surface area contributed by atoms with Crippen molar-refractivity contribution in [2.24, 2.45) is 5.41 Å². The second-order valence-electron chi connectivity index (χ2n) is 4.81. The van der Waals surface area contributed by atoms with Gasteiger partial charge in [0, 0.05) is 6.08 Å². The summed E-state index contributed by atoms with van der Waals surface area (Å²) in [4.78, 5) is 0. The molecule has 0 heterocycles. The molecular weight excluding hydrogens is 215 g/mol. The van der Waals surface area contributed by atoms with Gasteiger partial charge in [-0.15, -0.1) is 0 Å². The number of hydrogen-bond donors (Lipinski definition) is 0. The normalized spacial score (nSPS) is 20.4. The fourth-order valence-electron chi connectivity index (χ4n) is 2.13. The molecule has 0 atom stereocenters. The maximum atomic E-state index is 13.8.